The van der Waals surface area contributed by atoms with E-state index < -0.39 is 15.7 Å². The molecular weight excluding hydrogens is 321 g/mol. The van der Waals surface area contributed by atoms with Crippen LogP contribution >= 0.6 is 0 Å². The molecule has 0 saturated carbocycles. The summed E-state index contributed by atoms with van der Waals surface area (Å²) in [4.78, 5) is 14.0. The summed E-state index contributed by atoms with van der Waals surface area (Å²) in [7, 11) is -2.83. The zero-order chi connectivity index (χ0) is 16.4. The molecule has 1 aromatic heterocycles. The zero-order valence-electron chi connectivity index (χ0n) is 12.6. The molecule has 0 N–H and O–H groups in total. The highest BCUT2D eigenvalue weighted by molar-refractivity contribution is 7.92. The maximum atomic E-state index is 13.8. The van der Waals surface area contributed by atoms with Gasteiger partial charge in [-0.1, -0.05) is 6.07 Å². The molecule has 1 amide bonds. The molecule has 0 atom stereocenters. The molecule has 5 nitrogen and oxygen atoms in total. The topological polar surface area (TPSA) is 67.6 Å². The van der Waals surface area contributed by atoms with Crippen LogP contribution in [0.1, 0.15) is 16.1 Å². The summed E-state index contributed by atoms with van der Waals surface area (Å²) in [5.74, 6) is 0.255. The Balaban J connectivity index is 1.49. The number of sulfone groups is 1. The second-order valence-electron chi connectivity index (χ2n) is 6.52. The molecule has 2 aromatic rings. The second-order valence-corrected chi connectivity index (χ2v) is 8.68. The predicted octanol–water partition coefficient (Wildman–Crippen LogP) is 2.00. The third-order valence-electron chi connectivity index (χ3n) is 4.86. The van der Waals surface area contributed by atoms with Crippen molar-refractivity contribution in [2.24, 2.45) is 11.8 Å². The monoisotopic (exact) mass is 337 g/mol. The van der Waals surface area contributed by atoms with E-state index in [-0.39, 0.29) is 40.6 Å². The maximum absolute atomic E-state index is 13.8. The lowest BCUT2D eigenvalue weighted by Gasteiger charge is -2.45. The quantitative estimate of drug-likeness (QED) is 0.840. The number of hydrogen-bond acceptors (Lipinski definition) is 4. The van der Waals surface area contributed by atoms with E-state index in [4.69, 9.17) is 4.42 Å². The molecular formula is C16H16FNO4S. The summed E-state index contributed by atoms with van der Waals surface area (Å²) < 4.78 is 41.6. The average molecular weight is 337 g/mol. The minimum Gasteiger partial charge on any atom is -0.448 e. The van der Waals surface area contributed by atoms with Gasteiger partial charge in [-0.2, -0.15) is 0 Å². The van der Waals surface area contributed by atoms with Gasteiger partial charge in [-0.05, 0) is 36.5 Å². The number of halogens is 1. The SMILES string of the molecule is Cc1ccc(F)c2oc(C(=O)N3CC(C4CS(=O)(=O)C4)C3)cc12. The normalized spacial score (nSPS) is 21.2. The predicted molar refractivity (Wildman–Crippen MR) is 82.4 cm³/mol. The molecule has 0 radical (unpaired) electrons. The Hall–Kier alpha value is -1.89. The van der Waals surface area contributed by atoms with Crippen LogP contribution in [0.3, 0.4) is 0 Å². The van der Waals surface area contributed by atoms with Crippen molar-refractivity contribution < 1.29 is 22.0 Å². The molecule has 0 spiro atoms. The number of aryl methyl sites for hydroxylation is 1. The van der Waals surface area contributed by atoms with Crippen molar-refractivity contribution in [3.63, 3.8) is 0 Å². The van der Waals surface area contributed by atoms with Gasteiger partial charge in [0.05, 0.1) is 11.5 Å². The number of fused-ring (bicyclic) bond motifs is 1. The van der Waals surface area contributed by atoms with Gasteiger partial charge in [0.15, 0.2) is 27.0 Å². The lowest BCUT2D eigenvalue weighted by atomic mass is 9.87. The molecule has 122 valence electrons. The summed E-state index contributed by atoms with van der Waals surface area (Å²) in [5.41, 5.74) is 0.959. The first-order chi connectivity index (χ1) is 10.8. The molecule has 4 rings (SSSR count). The van der Waals surface area contributed by atoms with Crippen LogP contribution in [0.5, 0.6) is 0 Å². The third-order valence-corrected chi connectivity index (χ3v) is 6.74. The van der Waals surface area contributed by atoms with Crippen molar-refractivity contribution in [1.82, 2.24) is 4.90 Å². The van der Waals surface area contributed by atoms with Crippen molar-refractivity contribution in [3.05, 3.63) is 35.3 Å². The fraction of sp³-hybridized carbons (Fsp3) is 0.438. The van der Waals surface area contributed by atoms with Gasteiger partial charge in [0.2, 0.25) is 0 Å². The number of benzene rings is 1. The highest BCUT2D eigenvalue weighted by Gasteiger charge is 2.45. The Labute approximate surface area is 133 Å². The van der Waals surface area contributed by atoms with E-state index >= 15 is 0 Å². The molecule has 0 aliphatic carbocycles. The summed E-state index contributed by atoms with van der Waals surface area (Å²) in [5, 5.41) is 0.607. The summed E-state index contributed by atoms with van der Waals surface area (Å²) >= 11 is 0. The summed E-state index contributed by atoms with van der Waals surface area (Å²) in [6, 6.07) is 4.56. The van der Waals surface area contributed by atoms with Crippen LogP contribution in [0.15, 0.2) is 22.6 Å². The smallest absolute Gasteiger partial charge is 0.289 e. The number of nitrogens with zero attached hydrogens (tertiary/aromatic N) is 1. The molecule has 0 unspecified atom stereocenters. The zero-order valence-corrected chi connectivity index (χ0v) is 13.4. The van der Waals surface area contributed by atoms with Crippen LogP contribution in [0.2, 0.25) is 0 Å². The van der Waals surface area contributed by atoms with Crippen LogP contribution in [0.25, 0.3) is 11.0 Å². The van der Waals surface area contributed by atoms with Crippen LogP contribution in [-0.2, 0) is 9.84 Å². The van der Waals surface area contributed by atoms with Gasteiger partial charge in [0.1, 0.15) is 0 Å². The van der Waals surface area contributed by atoms with Crippen LogP contribution in [0.4, 0.5) is 4.39 Å². The van der Waals surface area contributed by atoms with E-state index in [1.807, 2.05) is 6.92 Å². The fourth-order valence-corrected chi connectivity index (χ4v) is 5.09. The van der Waals surface area contributed by atoms with Crippen LogP contribution in [-0.4, -0.2) is 43.8 Å². The van der Waals surface area contributed by atoms with Gasteiger partial charge in [0, 0.05) is 18.5 Å². The number of amides is 1. The maximum Gasteiger partial charge on any atom is 0.289 e. The van der Waals surface area contributed by atoms with E-state index in [0.717, 1.165) is 5.56 Å². The highest BCUT2D eigenvalue weighted by Crippen LogP contribution is 2.34. The molecule has 2 aliphatic heterocycles. The average Bonchev–Trinajstić information content (AvgIpc) is 2.85. The number of carbonyl (C=O) groups is 1. The van der Waals surface area contributed by atoms with Crippen molar-refractivity contribution in [1.29, 1.82) is 0 Å². The van der Waals surface area contributed by atoms with Gasteiger partial charge < -0.3 is 9.32 Å². The van der Waals surface area contributed by atoms with Crippen LogP contribution in [0, 0.1) is 24.6 Å². The Morgan fingerprint density at radius 1 is 1.26 bits per heavy atom. The Bertz CT molecular complexity index is 861. The minimum atomic E-state index is -2.83. The third kappa shape index (κ3) is 2.34. The lowest BCUT2D eigenvalue weighted by molar-refractivity contribution is 0.0371. The number of carbonyl (C=O) groups excluding carboxylic acids is 1. The summed E-state index contributed by atoms with van der Waals surface area (Å²) in [6.07, 6.45) is 0. The van der Waals surface area contributed by atoms with E-state index in [9.17, 15) is 17.6 Å². The van der Waals surface area contributed by atoms with Gasteiger partial charge in [-0.25, -0.2) is 12.8 Å². The van der Waals surface area contributed by atoms with Crippen LogP contribution < -0.4 is 0 Å². The van der Waals surface area contributed by atoms with Gasteiger partial charge in [0.25, 0.3) is 5.91 Å². The van der Waals surface area contributed by atoms with E-state index in [2.05, 4.69) is 0 Å². The van der Waals surface area contributed by atoms with E-state index in [0.29, 0.717) is 18.5 Å². The number of hydrogen-bond donors (Lipinski definition) is 0. The molecule has 23 heavy (non-hydrogen) atoms. The van der Waals surface area contributed by atoms with Gasteiger partial charge in [-0.15, -0.1) is 0 Å². The first kappa shape index (κ1) is 14.7. The highest BCUT2D eigenvalue weighted by atomic mass is 32.2. The Kier molecular flexibility index (Phi) is 3.07. The molecule has 2 fully saturated rings. The molecule has 7 heteroatoms. The molecule has 2 aliphatic rings. The molecule has 3 heterocycles. The fourth-order valence-electron chi connectivity index (χ4n) is 3.34. The second kappa shape index (κ2) is 4.80. The van der Waals surface area contributed by atoms with Crippen molar-refractivity contribution in [2.45, 2.75) is 6.92 Å². The Morgan fingerprint density at radius 2 is 1.96 bits per heavy atom. The largest absolute Gasteiger partial charge is 0.448 e. The van der Waals surface area contributed by atoms with Crippen molar-refractivity contribution >= 4 is 26.7 Å². The van der Waals surface area contributed by atoms with E-state index in [1.165, 1.54) is 6.07 Å². The lowest BCUT2D eigenvalue weighted by Crippen LogP contribution is -2.57. The molecule has 1 aromatic carbocycles. The van der Waals surface area contributed by atoms with Crippen molar-refractivity contribution in [2.75, 3.05) is 24.6 Å². The molecule has 2 saturated heterocycles. The number of rotatable bonds is 2. The minimum absolute atomic E-state index is 0.107. The van der Waals surface area contributed by atoms with Gasteiger partial charge in [-0.3, -0.25) is 4.79 Å². The number of furan rings is 1. The van der Waals surface area contributed by atoms with Crippen molar-refractivity contribution in [3.8, 4) is 0 Å². The molecule has 0 bridgehead atoms. The first-order valence-corrected chi connectivity index (χ1v) is 9.34. The summed E-state index contributed by atoms with van der Waals surface area (Å²) in [6.45, 7) is 2.91. The van der Waals surface area contributed by atoms with Gasteiger partial charge >= 0.3 is 0 Å². The number of likely N-dealkylation sites (tertiary alicyclic amines) is 1. The van der Waals surface area contributed by atoms with E-state index in [1.54, 1.807) is 17.0 Å². The standard InChI is InChI=1S/C16H16FNO4S/c1-9-2-3-13(17)15-12(9)4-14(22-15)16(19)18-5-10(6-18)11-7-23(20,21)8-11/h2-4,10-11H,5-8H2,1H3. The first-order valence-electron chi connectivity index (χ1n) is 7.52. The Morgan fingerprint density at radius 3 is 2.57 bits per heavy atom.